The summed E-state index contributed by atoms with van der Waals surface area (Å²) in [5.41, 5.74) is 9.69. The summed E-state index contributed by atoms with van der Waals surface area (Å²) in [7, 11) is 2.09. The van der Waals surface area contributed by atoms with E-state index in [2.05, 4.69) is 59.1 Å². The van der Waals surface area contributed by atoms with Gasteiger partial charge >= 0.3 is 0 Å². The highest BCUT2D eigenvalue weighted by Crippen LogP contribution is 2.30. The first kappa shape index (κ1) is 16.5. The van der Waals surface area contributed by atoms with Crippen molar-refractivity contribution in [3.05, 3.63) is 68.7 Å². The minimum atomic E-state index is 0.124. The Morgan fingerprint density at radius 1 is 1.24 bits per heavy atom. The lowest BCUT2D eigenvalue weighted by Crippen LogP contribution is -2.30. The van der Waals surface area contributed by atoms with E-state index in [1.54, 1.807) is 0 Å². The third-order valence-corrected chi connectivity index (χ3v) is 4.54. The van der Waals surface area contributed by atoms with E-state index in [0.717, 1.165) is 21.6 Å². The van der Waals surface area contributed by atoms with Gasteiger partial charge in [0.05, 0.1) is 0 Å². The average molecular weight is 368 g/mol. The van der Waals surface area contributed by atoms with Crippen molar-refractivity contribution in [2.24, 2.45) is 5.73 Å². The Morgan fingerprint density at radius 2 is 2.00 bits per heavy atom. The maximum atomic E-state index is 6.12. The van der Waals surface area contributed by atoms with Crippen LogP contribution >= 0.6 is 27.5 Å². The molecule has 4 heteroatoms. The summed E-state index contributed by atoms with van der Waals surface area (Å²) in [6.07, 6.45) is 0. The predicted octanol–water partition coefficient (Wildman–Crippen LogP) is 4.54. The highest BCUT2D eigenvalue weighted by atomic mass is 79.9. The monoisotopic (exact) mass is 366 g/mol. The Bertz CT molecular complexity index is 615. The molecule has 2 aromatic rings. The number of halogens is 2. The lowest BCUT2D eigenvalue weighted by molar-refractivity contribution is 0.241. The second-order valence-corrected chi connectivity index (χ2v) is 6.61. The molecule has 0 aliphatic carbocycles. The molecule has 1 unspecified atom stereocenters. The van der Waals surface area contributed by atoms with Gasteiger partial charge in [0.1, 0.15) is 0 Å². The van der Waals surface area contributed by atoms with Crippen molar-refractivity contribution in [2.75, 3.05) is 13.6 Å². The number of rotatable bonds is 5. The molecule has 2 N–H and O–H groups in total. The standard InChI is InChI=1S/C17H20BrClN2/c1-12-4-3-5-13(8-12)11-21(2)17(10-20)15-9-14(19)6-7-16(15)18/h3-9,17H,10-11,20H2,1-2H3. The summed E-state index contributed by atoms with van der Waals surface area (Å²) in [5.74, 6) is 0. The molecule has 0 aromatic heterocycles. The maximum Gasteiger partial charge on any atom is 0.0482 e. The molecule has 0 fully saturated rings. The van der Waals surface area contributed by atoms with E-state index in [-0.39, 0.29) is 6.04 Å². The Hall–Kier alpha value is -0.870. The number of likely N-dealkylation sites (N-methyl/N-ethyl adjacent to an activating group) is 1. The lowest BCUT2D eigenvalue weighted by Gasteiger charge is -2.28. The highest BCUT2D eigenvalue weighted by Gasteiger charge is 2.18. The zero-order valence-electron chi connectivity index (χ0n) is 12.3. The van der Waals surface area contributed by atoms with E-state index in [9.17, 15) is 0 Å². The second kappa shape index (κ2) is 7.41. The van der Waals surface area contributed by atoms with Crippen LogP contribution in [0.25, 0.3) is 0 Å². The first-order valence-corrected chi connectivity index (χ1v) is 8.09. The Labute approximate surface area is 140 Å². The third-order valence-electron chi connectivity index (χ3n) is 3.59. The fourth-order valence-electron chi connectivity index (χ4n) is 2.52. The SMILES string of the molecule is Cc1cccc(CN(C)C(CN)c2cc(Cl)ccc2Br)c1. The van der Waals surface area contributed by atoms with Crippen molar-refractivity contribution in [3.8, 4) is 0 Å². The largest absolute Gasteiger partial charge is 0.329 e. The van der Waals surface area contributed by atoms with E-state index in [1.165, 1.54) is 11.1 Å². The Kier molecular flexibility index (Phi) is 5.82. The van der Waals surface area contributed by atoms with Crippen LogP contribution in [0.1, 0.15) is 22.7 Å². The summed E-state index contributed by atoms with van der Waals surface area (Å²) < 4.78 is 1.04. The summed E-state index contributed by atoms with van der Waals surface area (Å²) in [5, 5.41) is 0.732. The molecule has 0 amide bonds. The van der Waals surface area contributed by atoms with Gasteiger partial charge < -0.3 is 5.73 Å². The molecule has 0 bridgehead atoms. The molecule has 0 radical (unpaired) electrons. The number of hydrogen-bond donors (Lipinski definition) is 1. The minimum absolute atomic E-state index is 0.124. The number of benzene rings is 2. The van der Waals surface area contributed by atoms with Crippen LogP contribution in [0.2, 0.25) is 5.02 Å². The number of nitrogens with two attached hydrogens (primary N) is 1. The Balaban J connectivity index is 2.22. The molecule has 21 heavy (non-hydrogen) atoms. The summed E-state index contributed by atoms with van der Waals surface area (Å²) in [4.78, 5) is 2.26. The zero-order chi connectivity index (χ0) is 15.4. The normalized spacial score (nSPS) is 12.7. The molecule has 0 aliphatic heterocycles. The molecule has 0 spiro atoms. The molecule has 1 atom stereocenters. The van der Waals surface area contributed by atoms with Crippen LogP contribution in [0.4, 0.5) is 0 Å². The topological polar surface area (TPSA) is 29.3 Å². The molecule has 0 heterocycles. The van der Waals surface area contributed by atoms with Gasteiger partial charge in [0, 0.05) is 28.6 Å². The molecule has 0 saturated carbocycles. The van der Waals surface area contributed by atoms with E-state index in [4.69, 9.17) is 17.3 Å². The van der Waals surface area contributed by atoms with Crippen LogP contribution in [-0.4, -0.2) is 18.5 Å². The van der Waals surface area contributed by atoms with Crippen LogP contribution in [0.15, 0.2) is 46.9 Å². The van der Waals surface area contributed by atoms with Gasteiger partial charge in [-0.2, -0.15) is 0 Å². The number of aryl methyl sites for hydroxylation is 1. The van der Waals surface area contributed by atoms with Gasteiger partial charge in [-0.3, -0.25) is 4.90 Å². The molecular formula is C17H20BrClN2. The van der Waals surface area contributed by atoms with Crippen molar-refractivity contribution < 1.29 is 0 Å². The van der Waals surface area contributed by atoms with E-state index < -0.39 is 0 Å². The molecule has 2 nitrogen and oxygen atoms in total. The van der Waals surface area contributed by atoms with Gasteiger partial charge in [0.15, 0.2) is 0 Å². The van der Waals surface area contributed by atoms with Crippen molar-refractivity contribution in [3.63, 3.8) is 0 Å². The molecule has 0 aliphatic rings. The van der Waals surface area contributed by atoms with Crippen LogP contribution in [0.3, 0.4) is 0 Å². The fraction of sp³-hybridized carbons (Fsp3) is 0.294. The lowest BCUT2D eigenvalue weighted by atomic mass is 10.0. The molecular weight excluding hydrogens is 348 g/mol. The highest BCUT2D eigenvalue weighted by molar-refractivity contribution is 9.10. The maximum absolute atomic E-state index is 6.12. The van der Waals surface area contributed by atoms with E-state index >= 15 is 0 Å². The fourth-order valence-corrected chi connectivity index (χ4v) is 3.21. The van der Waals surface area contributed by atoms with Crippen molar-refractivity contribution in [2.45, 2.75) is 19.5 Å². The van der Waals surface area contributed by atoms with Gasteiger partial charge in [-0.15, -0.1) is 0 Å². The molecule has 0 saturated heterocycles. The number of hydrogen-bond acceptors (Lipinski definition) is 2. The Morgan fingerprint density at radius 3 is 2.67 bits per heavy atom. The van der Waals surface area contributed by atoms with E-state index in [0.29, 0.717) is 6.54 Å². The van der Waals surface area contributed by atoms with Gasteiger partial charge in [-0.25, -0.2) is 0 Å². The summed E-state index contributed by atoms with van der Waals surface area (Å²) in [6.45, 7) is 3.50. The smallest absolute Gasteiger partial charge is 0.0482 e. The molecule has 2 rings (SSSR count). The van der Waals surface area contributed by atoms with Crippen LogP contribution in [0, 0.1) is 6.92 Å². The van der Waals surface area contributed by atoms with Gasteiger partial charge in [-0.05, 0) is 43.3 Å². The molecule has 112 valence electrons. The van der Waals surface area contributed by atoms with Gasteiger partial charge in [0.2, 0.25) is 0 Å². The second-order valence-electron chi connectivity index (χ2n) is 5.32. The zero-order valence-corrected chi connectivity index (χ0v) is 14.7. The van der Waals surface area contributed by atoms with Crippen molar-refractivity contribution in [1.82, 2.24) is 4.90 Å². The van der Waals surface area contributed by atoms with Crippen LogP contribution in [-0.2, 0) is 6.54 Å². The minimum Gasteiger partial charge on any atom is -0.329 e. The first-order valence-electron chi connectivity index (χ1n) is 6.92. The quantitative estimate of drug-likeness (QED) is 0.840. The first-order chi connectivity index (χ1) is 10.0. The summed E-state index contributed by atoms with van der Waals surface area (Å²) in [6, 6.07) is 14.5. The van der Waals surface area contributed by atoms with E-state index in [1.807, 2.05) is 18.2 Å². The van der Waals surface area contributed by atoms with Crippen molar-refractivity contribution in [1.29, 1.82) is 0 Å². The average Bonchev–Trinajstić information content (AvgIpc) is 2.43. The van der Waals surface area contributed by atoms with Gasteiger partial charge in [0.25, 0.3) is 0 Å². The van der Waals surface area contributed by atoms with Crippen LogP contribution in [0.5, 0.6) is 0 Å². The van der Waals surface area contributed by atoms with Crippen molar-refractivity contribution >= 4 is 27.5 Å². The molecule has 2 aromatic carbocycles. The van der Waals surface area contributed by atoms with Gasteiger partial charge in [-0.1, -0.05) is 57.4 Å². The van der Waals surface area contributed by atoms with Crippen LogP contribution < -0.4 is 5.73 Å². The number of nitrogens with zero attached hydrogens (tertiary/aromatic N) is 1. The summed E-state index contributed by atoms with van der Waals surface area (Å²) >= 11 is 9.72. The predicted molar refractivity (Wildman–Crippen MR) is 93.6 cm³/mol. The third kappa shape index (κ3) is 4.30.